The Hall–Kier alpha value is -3.45. The largest absolute Gasteiger partial charge is 0.348 e. The molecule has 0 fully saturated rings. The zero-order valence-corrected chi connectivity index (χ0v) is 18.3. The van der Waals surface area contributed by atoms with Crippen LogP contribution >= 0.6 is 11.8 Å². The van der Waals surface area contributed by atoms with E-state index in [0.29, 0.717) is 17.9 Å². The molecule has 0 saturated carbocycles. The lowest BCUT2D eigenvalue weighted by Gasteiger charge is -2.12. The molecule has 6 nitrogen and oxygen atoms in total. The van der Waals surface area contributed by atoms with Crippen LogP contribution in [0.25, 0.3) is 5.69 Å². The summed E-state index contributed by atoms with van der Waals surface area (Å²) in [4.78, 5) is 13.8. The maximum atomic E-state index is 12.9. The summed E-state index contributed by atoms with van der Waals surface area (Å²) in [7, 11) is 0. The first-order valence-electron chi connectivity index (χ1n) is 10.0. The van der Waals surface area contributed by atoms with Crippen LogP contribution in [0, 0.1) is 13.8 Å². The number of para-hydroxylation sites is 1. The van der Waals surface area contributed by atoms with E-state index in [-0.39, 0.29) is 5.91 Å². The van der Waals surface area contributed by atoms with E-state index in [2.05, 4.69) is 52.9 Å². The van der Waals surface area contributed by atoms with Gasteiger partial charge in [0.05, 0.1) is 17.0 Å². The second-order valence-electron chi connectivity index (χ2n) is 7.24. The fraction of sp³-hybridized carbons (Fsp3) is 0.167. The number of hydrogen-bond donors (Lipinski definition) is 1. The highest BCUT2D eigenvalue weighted by atomic mass is 32.2. The van der Waals surface area contributed by atoms with E-state index in [1.807, 2.05) is 54.6 Å². The number of thioether (sulfide) groups is 1. The normalized spacial score (nSPS) is 10.8. The standard InChI is InChI=1S/C24H23N5OS/c1-17-12-13-19(18(2)14-17)15-25-24(30)21-10-6-7-11-22(21)31-16-23-26-27-28-29(23)20-8-4-3-5-9-20/h3-14H,15-16H2,1-2H3,(H,25,30). The molecule has 0 radical (unpaired) electrons. The highest BCUT2D eigenvalue weighted by Crippen LogP contribution is 2.26. The minimum atomic E-state index is -0.0919. The molecule has 1 aromatic heterocycles. The van der Waals surface area contributed by atoms with E-state index in [1.165, 1.54) is 11.1 Å². The Morgan fingerprint density at radius 2 is 1.77 bits per heavy atom. The first kappa shape index (κ1) is 20.8. The minimum Gasteiger partial charge on any atom is -0.348 e. The van der Waals surface area contributed by atoms with Gasteiger partial charge in [-0.2, -0.15) is 4.68 Å². The Morgan fingerprint density at radius 3 is 2.58 bits per heavy atom. The van der Waals surface area contributed by atoms with Gasteiger partial charge in [0, 0.05) is 11.4 Å². The van der Waals surface area contributed by atoms with Crippen molar-refractivity contribution in [1.82, 2.24) is 25.5 Å². The molecule has 1 amide bonds. The second-order valence-corrected chi connectivity index (χ2v) is 8.26. The zero-order valence-electron chi connectivity index (χ0n) is 17.4. The van der Waals surface area contributed by atoms with Crippen molar-refractivity contribution in [2.24, 2.45) is 0 Å². The predicted molar refractivity (Wildman–Crippen MR) is 122 cm³/mol. The average Bonchev–Trinajstić information content (AvgIpc) is 3.26. The van der Waals surface area contributed by atoms with Crippen LogP contribution in [0.5, 0.6) is 0 Å². The monoisotopic (exact) mass is 429 g/mol. The number of nitrogens with one attached hydrogen (secondary N) is 1. The zero-order chi connectivity index (χ0) is 21.6. The molecule has 0 aliphatic rings. The van der Waals surface area contributed by atoms with Gasteiger partial charge in [-0.15, -0.1) is 16.9 Å². The molecule has 156 valence electrons. The van der Waals surface area contributed by atoms with Crippen molar-refractivity contribution in [3.05, 3.63) is 101 Å². The van der Waals surface area contributed by atoms with Crippen LogP contribution in [0.1, 0.15) is 32.9 Å². The SMILES string of the molecule is Cc1ccc(CNC(=O)c2ccccc2SCc2nnnn2-c2ccccc2)c(C)c1. The molecule has 1 N–H and O–H groups in total. The first-order chi connectivity index (χ1) is 15.1. The molecule has 31 heavy (non-hydrogen) atoms. The van der Waals surface area contributed by atoms with Crippen LogP contribution in [0.15, 0.2) is 77.7 Å². The number of aromatic nitrogens is 4. The number of amides is 1. The van der Waals surface area contributed by atoms with Gasteiger partial charge in [0.25, 0.3) is 5.91 Å². The molecule has 0 saturated heterocycles. The Bertz CT molecular complexity index is 1190. The third-order valence-electron chi connectivity index (χ3n) is 4.96. The minimum absolute atomic E-state index is 0.0919. The number of carbonyl (C=O) groups is 1. The summed E-state index contributed by atoms with van der Waals surface area (Å²) in [6, 6.07) is 23.6. The number of aryl methyl sites for hydroxylation is 2. The number of tetrazole rings is 1. The summed E-state index contributed by atoms with van der Waals surface area (Å²) >= 11 is 1.54. The van der Waals surface area contributed by atoms with Crippen LogP contribution in [0.2, 0.25) is 0 Å². The Balaban J connectivity index is 1.46. The third kappa shape index (κ3) is 5.00. The van der Waals surface area contributed by atoms with Crippen molar-refractivity contribution in [2.45, 2.75) is 31.0 Å². The number of hydrogen-bond acceptors (Lipinski definition) is 5. The molecule has 4 aromatic rings. The fourth-order valence-electron chi connectivity index (χ4n) is 3.30. The first-order valence-corrected chi connectivity index (χ1v) is 11.0. The van der Waals surface area contributed by atoms with Gasteiger partial charge < -0.3 is 5.32 Å². The maximum Gasteiger partial charge on any atom is 0.252 e. The Kier molecular flexibility index (Phi) is 6.43. The third-order valence-corrected chi connectivity index (χ3v) is 6.03. The van der Waals surface area contributed by atoms with Crippen molar-refractivity contribution < 1.29 is 4.79 Å². The van der Waals surface area contributed by atoms with Gasteiger partial charge in [0.2, 0.25) is 0 Å². The van der Waals surface area contributed by atoms with Gasteiger partial charge >= 0.3 is 0 Å². The summed E-state index contributed by atoms with van der Waals surface area (Å²) in [5.41, 5.74) is 5.06. The van der Waals surface area contributed by atoms with E-state index in [4.69, 9.17) is 0 Å². The van der Waals surface area contributed by atoms with Crippen molar-refractivity contribution in [3.63, 3.8) is 0 Å². The highest BCUT2D eigenvalue weighted by molar-refractivity contribution is 7.98. The molecule has 0 aliphatic carbocycles. The predicted octanol–water partition coefficient (Wildman–Crippen LogP) is 4.50. The van der Waals surface area contributed by atoms with E-state index < -0.39 is 0 Å². The molecule has 0 atom stereocenters. The summed E-state index contributed by atoms with van der Waals surface area (Å²) in [6.45, 7) is 4.63. The number of carbonyl (C=O) groups excluding carboxylic acids is 1. The molecule has 3 aromatic carbocycles. The van der Waals surface area contributed by atoms with Crippen molar-refractivity contribution in [2.75, 3.05) is 0 Å². The van der Waals surface area contributed by atoms with E-state index in [0.717, 1.165) is 22.0 Å². The lowest BCUT2D eigenvalue weighted by atomic mass is 10.1. The summed E-state index contributed by atoms with van der Waals surface area (Å²) in [5, 5.41) is 15.1. The molecule has 0 bridgehead atoms. The van der Waals surface area contributed by atoms with Gasteiger partial charge in [-0.05, 0) is 59.7 Å². The Labute approximate surface area is 185 Å². The number of benzene rings is 3. The number of nitrogens with zero attached hydrogens (tertiary/aromatic N) is 4. The molecule has 7 heteroatoms. The summed E-state index contributed by atoms with van der Waals surface area (Å²) < 4.78 is 1.72. The number of rotatable bonds is 7. The van der Waals surface area contributed by atoms with Crippen LogP contribution in [-0.2, 0) is 12.3 Å². The molecule has 0 spiro atoms. The van der Waals surface area contributed by atoms with Crippen LogP contribution < -0.4 is 5.32 Å². The molecular weight excluding hydrogens is 406 g/mol. The van der Waals surface area contributed by atoms with Gasteiger partial charge in [-0.3, -0.25) is 4.79 Å². The van der Waals surface area contributed by atoms with Crippen LogP contribution in [0.3, 0.4) is 0 Å². The maximum absolute atomic E-state index is 12.9. The van der Waals surface area contributed by atoms with Crippen molar-refractivity contribution >= 4 is 17.7 Å². The lowest BCUT2D eigenvalue weighted by Crippen LogP contribution is -2.23. The molecular formula is C24H23N5OS. The van der Waals surface area contributed by atoms with Gasteiger partial charge in [0.15, 0.2) is 5.82 Å². The van der Waals surface area contributed by atoms with Gasteiger partial charge in [0.1, 0.15) is 0 Å². The highest BCUT2D eigenvalue weighted by Gasteiger charge is 2.14. The fourth-order valence-corrected chi connectivity index (χ4v) is 4.26. The van der Waals surface area contributed by atoms with Crippen LogP contribution in [0.4, 0.5) is 0 Å². The van der Waals surface area contributed by atoms with E-state index in [9.17, 15) is 4.79 Å². The van der Waals surface area contributed by atoms with Gasteiger partial charge in [-0.1, -0.05) is 54.1 Å². The molecule has 4 rings (SSSR count). The van der Waals surface area contributed by atoms with Crippen LogP contribution in [-0.4, -0.2) is 26.1 Å². The second kappa shape index (κ2) is 9.57. The average molecular weight is 430 g/mol. The molecule has 0 aliphatic heterocycles. The van der Waals surface area contributed by atoms with E-state index >= 15 is 0 Å². The van der Waals surface area contributed by atoms with Crippen molar-refractivity contribution in [1.29, 1.82) is 0 Å². The Morgan fingerprint density at radius 1 is 1.00 bits per heavy atom. The summed E-state index contributed by atoms with van der Waals surface area (Å²) in [5.74, 6) is 1.18. The van der Waals surface area contributed by atoms with E-state index in [1.54, 1.807) is 16.4 Å². The lowest BCUT2D eigenvalue weighted by molar-refractivity contribution is 0.0948. The molecule has 1 heterocycles. The molecule has 0 unspecified atom stereocenters. The van der Waals surface area contributed by atoms with Gasteiger partial charge in [-0.25, -0.2) is 0 Å². The van der Waals surface area contributed by atoms with Crippen molar-refractivity contribution in [3.8, 4) is 5.69 Å². The smallest absolute Gasteiger partial charge is 0.252 e. The quantitative estimate of drug-likeness (QED) is 0.438. The topological polar surface area (TPSA) is 72.7 Å². The summed E-state index contributed by atoms with van der Waals surface area (Å²) in [6.07, 6.45) is 0.